The number of hydrogen-bond acceptors (Lipinski definition) is 2. The van der Waals surface area contributed by atoms with Gasteiger partial charge in [-0.2, -0.15) is 0 Å². The van der Waals surface area contributed by atoms with Gasteiger partial charge < -0.3 is 10.3 Å². The van der Waals surface area contributed by atoms with Crippen LogP contribution in [0.25, 0.3) is 0 Å². The van der Waals surface area contributed by atoms with E-state index in [1.54, 1.807) is 24.0 Å². The van der Waals surface area contributed by atoms with Crippen LogP contribution < -0.4 is 5.32 Å². The van der Waals surface area contributed by atoms with Gasteiger partial charge in [-0.1, -0.05) is 11.6 Å². The third-order valence-electron chi connectivity index (χ3n) is 2.24. The maximum Gasteiger partial charge on any atom is 0.272 e. The molecule has 3 nitrogen and oxygen atoms in total. The van der Waals surface area contributed by atoms with E-state index in [2.05, 4.69) is 10.3 Å². The van der Waals surface area contributed by atoms with Crippen LogP contribution in [0.15, 0.2) is 41.4 Å². The normalized spacial score (nSPS) is 10.2. The van der Waals surface area contributed by atoms with E-state index < -0.39 is 0 Å². The predicted molar refractivity (Wildman–Crippen MR) is 72.0 cm³/mol. The van der Waals surface area contributed by atoms with Crippen LogP contribution in [0.4, 0.5) is 5.69 Å². The minimum Gasteiger partial charge on any atom is -0.356 e. The number of thioether (sulfide) groups is 1. The third-order valence-corrected chi connectivity index (χ3v) is 3.20. The highest BCUT2D eigenvalue weighted by Crippen LogP contribution is 2.18. The number of anilines is 1. The van der Waals surface area contributed by atoms with E-state index in [1.807, 2.05) is 30.5 Å². The van der Waals surface area contributed by atoms with Crippen molar-refractivity contribution < 1.29 is 4.79 Å². The van der Waals surface area contributed by atoms with Crippen LogP contribution >= 0.6 is 23.4 Å². The molecule has 0 aliphatic carbocycles. The van der Waals surface area contributed by atoms with E-state index >= 15 is 0 Å². The molecule has 0 aliphatic rings. The molecule has 0 radical (unpaired) electrons. The van der Waals surface area contributed by atoms with Crippen LogP contribution in [0.3, 0.4) is 0 Å². The first kappa shape index (κ1) is 12.1. The largest absolute Gasteiger partial charge is 0.356 e. The molecule has 2 rings (SSSR count). The lowest BCUT2D eigenvalue weighted by molar-refractivity contribution is 0.102. The average molecular weight is 267 g/mol. The Morgan fingerprint density at radius 3 is 2.59 bits per heavy atom. The van der Waals surface area contributed by atoms with Crippen molar-refractivity contribution in [2.75, 3.05) is 11.6 Å². The molecule has 2 aromatic rings. The van der Waals surface area contributed by atoms with Crippen LogP contribution in [-0.2, 0) is 0 Å². The monoisotopic (exact) mass is 266 g/mol. The van der Waals surface area contributed by atoms with Gasteiger partial charge in [0.05, 0.1) is 5.02 Å². The molecule has 5 heteroatoms. The molecule has 0 fully saturated rings. The molecule has 1 amide bonds. The van der Waals surface area contributed by atoms with Crippen molar-refractivity contribution in [2.45, 2.75) is 4.90 Å². The predicted octanol–water partition coefficient (Wildman–Crippen LogP) is 3.64. The number of nitrogens with one attached hydrogen (secondary N) is 2. The fourth-order valence-electron chi connectivity index (χ4n) is 1.37. The van der Waals surface area contributed by atoms with Crippen molar-refractivity contribution in [3.63, 3.8) is 0 Å². The number of rotatable bonds is 3. The van der Waals surface area contributed by atoms with Gasteiger partial charge in [0.2, 0.25) is 0 Å². The van der Waals surface area contributed by atoms with Crippen LogP contribution in [-0.4, -0.2) is 17.1 Å². The number of aromatic nitrogens is 1. The van der Waals surface area contributed by atoms with E-state index in [0.717, 1.165) is 10.6 Å². The summed E-state index contributed by atoms with van der Waals surface area (Å²) in [4.78, 5) is 15.7. The lowest BCUT2D eigenvalue weighted by atomic mass is 10.3. The van der Waals surface area contributed by atoms with E-state index in [4.69, 9.17) is 11.6 Å². The average Bonchev–Trinajstić information content (AvgIpc) is 2.77. The minimum atomic E-state index is -0.200. The number of hydrogen-bond donors (Lipinski definition) is 2. The van der Waals surface area contributed by atoms with Gasteiger partial charge >= 0.3 is 0 Å². The van der Waals surface area contributed by atoms with Gasteiger partial charge in [-0.15, -0.1) is 11.8 Å². The van der Waals surface area contributed by atoms with Gasteiger partial charge in [-0.25, -0.2) is 0 Å². The summed E-state index contributed by atoms with van der Waals surface area (Å²) in [7, 11) is 0. The van der Waals surface area contributed by atoms with Gasteiger partial charge in [0.1, 0.15) is 5.69 Å². The SMILES string of the molecule is CSc1ccc(NC(=O)c2cc(Cl)c[nH]2)cc1. The maximum absolute atomic E-state index is 11.8. The molecule has 1 aromatic carbocycles. The molecule has 88 valence electrons. The van der Waals surface area contributed by atoms with Gasteiger partial charge in [0, 0.05) is 16.8 Å². The first-order valence-electron chi connectivity index (χ1n) is 4.98. The second kappa shape index (κ2) is 5.29. The second-order valence-electron chi connectivity index (χ2n) is 3.41. The molecule has 1 heterocycles. The summed E-state index contributed by atoms with van der Waals surface area (Å²) in [6, 6.07) is 9.25. The number of halogens is 1. The molecule has 0 atom stereocenters. The highest BCUT2D eigenvalue weighted by Gasteiger charge is 2.07. The maximum atomic E-state index is 11.8. The van der Waals surface area contributed by atoms with E-state index in [0.29, 0.717) is 10.7 Å². The van der Waals surface area contributed by atoms with E-state index in [1.165, 1.54) is 0 Å². The molecular formula is C12H11ClN2OS. The van der Waals surface area contributed by atoms with Crippen LogP contribution in [0.5, 0.6) is 0 Å². The molecule has 17 heavy (non-hydrogen) atoms. The molecule has 0 spiro atoms. The minimum absolute atomic E-state index is 0.200. The Bertz CT molecular complexity index is 522. The highest BCUT2D eigenvalue weighted by atomic mass is 35.5. The zero-order valence-corrected chi connectivity index (χ0v) is 10.7. The van der Waals surface area contributed by atoms with Gasteiger partial charge in [-0.3, -0.25) is 4.79 Å². The molecule has 0 saturated heterocycles. The van der Waals surface area contributed by atoms with Crippen LogP contribution in [0.1, 0.15) is 10.5 Å². The van der Waals surface area contributed by atoms with E-state index in [-0.39, 0.29) is 5.91 Å². The smallest absolute Gasteiger partial charge is 0.272 e. The second-order valence-corrected chi connectivity index (χ2v) is 4.73. The number of carbonyl (C=O) groups excluding carboxylic acids is 1. The van der Waals surface area contributed by atoms with Crippen molar-refractivity contribution in [2.24, 2.45) is 0 Å². The standard InChI is InChI=1S/C12H11ClN2OS/c1-17-10-4-2-9(3-5-10)15-12(16)11-6-8(13)7-14-11/h2-7,14H,1H3,(H,15,16). The molecule has 0 bridgehead atoms. The zero-order valence-electron chi connectivity index (χ0n) is 9.16. The first-order valence-corrected chi connectivity index (χ1v) is 6.58. The Morgan fingerprint density at radius 1 is 1.35 bits per heavy atom. The Morgan fingerprint density at radius 2 is 2.06 bits per heavy atom. The highest BCUT2D eigenvalue weighted by molar-refractivity contribution is 7.98. The van der Waals surface area contributed by atoms with Crippen molar-refractivity contribution in [1.82, 2.24) is 4.98 Å². The number of carbonyl (C=O) groups is 1. The zero-order chi connectivity index (χ0) is 12.3. The first-order chi connectivity index (χ1) is 8.19. The Balaban J connectivity index is 2.07. The summed E-state index contributed by atoms with van der Waals surface area (Å²) < 4.78 is 0. The number of benzene rings is 1. The molecule has 0 unspecified atom stereocenters. The van der Waals surface area contributed by atoms with Crippen molar-refractivity contribution in [1.29, 1.82) is 0 Å². The molecule has 1 aromatic heterocycles. The lowest BCUT2D eigenvalue weighted by Gasteiger charge is -2.04. The Labute approximate surface area is 109 Å². The van der Waals surface area contributed by atoms with Crippen molar-refractivity contribution >= 4 is 35.0 Å². The van der Waals surface area contributed by atoms with Gasteiger partial charge in [-0.05, 0) is 36.6 Å². The summed E-state index contributed by atoms with van der Waals surface area (Å²) in [6.45, 7) is 0. The number of aromatic amines is 1. The van der Waals surface area contributed by atoms with E-state index in [9.17, 15) is 4.79 Å². The summed E-state index contributed by atoms with van der Waals surface area (Å²) in [5, 5.41) is 3.31. The fourth-order valence-corrected chi connectivity index (χ4v) is 1.94. The summed E-state index contributed by atoms with van der Waals surface area (Å²) in [5.41, 5.74) is 1.21. The third kappa shape index (κ3) is 3.05. The van der Waals surface area contributed by atoms with Crippen LogP contribution in [0, 0.1) is 0 Å². The topological polar surface area (TPSA) is 44.9 Å². The van der Waals surface area contributed by atoms with Crippen LogP contribution in [0.2, 0.25) is 5.02 Å². The number of H-pyrrole nitrogens is 1. The van der Waals surface area contributed by atoms with Gasteiger partial charge in [0.15, 0.2) is 0 Å². The molecule has 0 aliphatic heterocycles. The summed E-state index contributed by atoms with van der Waals surface area (Å²) >= 11 is 7.39. The summed E-state index contributed by atoms with van der Waals surface area (Å²) in [5.74, 6) is -0.200. The van der Waals surface area contributed by atoms with Gasteiger partial charge in [0.25, 0.3) is 5.91 Å². The van der Waals surface area contributed by atoms with Crippen molar-refractivity contribution in [3.8, 4) is 0 Å². The Kier molecular flexibility index (Phi) is 3.76. The molecule has 0 saturated carbocycles. The summed E-state index contributed by atoms with van der Waals surface area (Å²) in [6.07, 6.45) is 3.59. The van der Waals surface area contributed by atoms with Crippen molar-refractivity contribution in [3.05, 3.63) is 47.2 Å². The quantitative estimate of drug-likeness (QED) is 0.833. The molecular weight excluding hydrogens is 256 g/mol. The molecule has 2 N–H and O–H groups in total. The lowest BCUT2D eigenvalue weighted by Crippen LogP contribution is -2.11. The Hall–Kier alpha value is -1.39. The fraction of sp³-hybridized carbons (Fsp3) is 0.0833. The number of amides is 1.